The highest BCUT2D eigenvalue weighted by atomic mass is 35.5. The third-order valence-electron chi connectivity index (χ3n) is 1.96. The van der Waals surface area contributed by atoms with Gasteiger partial charge >= 0.3 is 5.69 Å². The highest BCUT2D eigenvalue weighted by Gasteiger charge is 2.08. The average molecular weight is 203 g/mol. The summed E-state index contributed by atoms with van der Waals surface area (Å²) < 4.78 is 1.16. The maximum absolute atomic E-state index is 11.3. The van der Waals surface area contributed by atoms with Crippen molar-refractivity contribution in [1.82, 2.24) is 9.55 Å². The molecule has 0 saturated carbocycles. The standard InChI is InChI=1S/C8H11ClN2O2/c1-3-5(2)11-7(12)4-6(9)10-8(11)13/h4-5H,3H2,1-2H3,(H,10,13). The van der Waals surface area contributed by atoms with Gasteiger partial charge in [-0.05, 0) is 13.3 Å². The molecular weight excluding hydrogens is 192 g/mol. The van der Waals surface area contributed by atoms with Crippen molar-refractivity contribution < 1.29 is 0 Å². The maximum Gasteiger partial charge on any atom is 0.329 e. The van der Waals surface area contributed by atoms with Crippen molar-refractivity contribution in [2.45, 2.75) is 26.3 Å². The zero-order valence-corrected chi connectivity index (χ0v) is 8.26. The normalized spacial score (nSPS) is 12.8. The van der Waals surface area contributed by atoms with E-state index in [9.17, 15) is 9.59 Å². The van der Waals surface area contributed by atoms with Crippen LogP contribution in [-0.2, 0) is 0 Å². The number of H-pyrrole nitrogens is 1. The van der Waals surface area contributed by atoms with Gasteiger partial charge in [0.25, 0.3) is 5.56 Å². The molecule has 0 aromatic carbocycles. The molecule has 1 aromatic rings. The molecule has 5 heteroatoms. The largest absolute Gasteiger partial charge is 0.329 e. The topological polar surface area (TPSA) is 54.9 Å². The second-order valence-corrected chi connectivity index (χ2v) is 3.30. The van der Waals surface area contributed by atoms with Gasteiger partial charge in [0.05, 0.1) is 0 Å². The number of hydrogen-bond donors (Lipinski definition) is 1. The van der Waals surface area contributed by atoms with Gasteiger partial charge in [-0.15, -0.1) is 0 Å². The van der Waals surface area contributed by atoms with E-state index in [1.807, 2.05) is 13.8 Å². The summed E-state index contributed by atoms with van der Waals surface area (Å²) in [5, 5.41) is 0.0783. The van der Waals surface area contributed by atoms with E-state index >= 15 is 0 Å². The Morgan fingerprint density at radius 2 is 2.23 bits per heavy atom. The number of nitrogens with zero attached hydrogens (tertiary/aromatic N) is 1. The number of nitrogens with one attached hydrogen (secondary N) is 1. The third-order valence-corrected chi connectivity index (χ3v) is 2.17. The number of rotatable bonds is 2. The molecule has 13 heavy (non-hydrogen) atoms. The Kier molecular flexibility index (Phi) is 2.93. The van der Waals surface area contributed by atoms with Crippen LogP contribution < -0.4 is 11.2 Å². The predicted octanol–water partition coefficient (Wildman–Crippen LogP) is 1.16. The molecule has 4 nitrogen and oxygen atoms in total. The highest BCUT2D eigenvalue weighted by molar-refractivity contribution is 6.29. The van der Waals surface area contributed by atoms with E-state index in [-0.39, 0.29) is 16.8 Å². The summed E-state index contributed by atoms with van der Waals surface area (Å²) in [4.78, 5) is 25.0. The molecule has 0 aliphatic rings. The Bertz CT molecular complexity index is 376. The summed E-state index contributed by atoms with van der Waals surface area (Å²) in [5.74, 6) is 0. The second-order valence-electron chi connectivity index (χ2n) is 2.89. The van der Waals surface area contributed by atoms with E-state index in [0.717, 1.165) is 11.0 Å². The molecule has 0 saturated heterocycles. The molecule has 1 heterocycles. The molecule has 72 valence electrons. The monoisotopic (exact) mass is 202 g/mol. The molecule has 0 bridgehead atoms. The minimum absolute atomic E-state index is 0.0783. The van der Waals surface area contributed by atoms with Crippen molar-refractivity contribution in [3.8, 4) is 0 Å². The Hall–Kier alpha value is -1.03. The van der Waals surface area contributed by atoms with Gasteiger partial charge in [0.1, 0.15) is 5.15 Å². The first-order chi connectivity index (χ1) is 6.06. The van der Waals surface area contributed by atoms with Gasteiger partial charge in [0, 0.05) is 12.1 Å². The lowest BCUT2D eigenvalue weighted by Gasteiger charge is -2.10. The molecule has 1 N–H and O–H groups in total. The lowest BCUT2D eigenvalue weighted by Crippen LogP contribution is -2.36. The van der Waals surface area contributed by atoms with Crippen LogP contribution in [0.25, 0.3) is 0 Å². The molecule has 0 radical (unpaired) electrons. The van der Waals surface area contributed by atoms with E-state index in [0.29, 0.717) is 0 Å². The second kappa shape index (κ2) is 3.79. The fourth-order valence-corrected chi connectivity index (χ4v) is 1.25. The average Bonchev–Trinajstić information content (AvgIpc) is 2.02. The molecule has 0 spiro atoms. The SMILES string of the molecule is CCC(C)n1c(=O)cc(Cl)[nH]c1=O. The number of halogens is 1. The minimum atomic E-state index is -0.452. The maximum atomic E-state index is 11.3. The molecule has 0 aliphatic heterocycles. The van der Waals surface area contributed by atoms with Crippen molar-refractivity contribution in [1.29, 1.82) is 0 Å². The Balaban J connectivity index is 3.38. The Morgan fingerprint density at radius 1 is 1.62 bits per heavy atom. The fraction of sp³-hybridized carbons (Fsp3) is 0.500. The molecule has 0 aliphatic carbocycles. The smallest absolute Gasteiger partial charge is 0.298 e. The van der Waals surface area contributed by atoms with Gasteiger partial charge in [-0.1, -0.05) is 18.5 Å². The Labute approximate surface area is 80.2 Å². The van der Waals surface area contributed by atoms with Crippen LogP contribution in [0.4, 0.5) is 0 Å². The lowest BCUT2D eigenvalue weighted by molar-refractivity contribution is 0.490. The van der Waals surface area contributed by atoms with Crippen molar-refractivity contribution in [2.24, 2.45) is 0 Å². The van der Waals surface area contributed by atoms with Crippen LogP contribution in [0, 0.1) is 0 Å². The Morgan fingerprint density at radius 3 is 2.69 bits per heavy atom. The van der Waals surface area contributed by atoms with E-state index < -0.39 is 5.69 Å². The van der Waals surface area contributed by atoms with Crippen molar-refractivity contribution in [2.75, 3.05) is 0 Å². The number of hydrogen-bond acceptors (Lipinski definition) is 2. The van der Waals surface area contributed by atoms with Crippen molar-refractivity contribution in [3.63, 3.8) is 0 Å². The lowest BCUT2D eigenvalue weighted by atomic mass is 10.2. The summed E-state index contributed by atoms with van der Waals surface area (Å²) in [7, 11) is 0. The first-order valence-corrected chi connectivity index (χ1v) is 4.45. The first kappa shape index (κ1) is 10.1. The highest BCUT2D eigenvalue weighted by Crippen LogP contribution is 2.03. The van der Waals surface area contributed by atoms with Gasteiger partial charge in [0.2, 0.25) is 0 Å². The summed E-state index contributed by atoms with van der Waals surface area (Å²) in [5.41, 5.74) is -0.810. The van der Waals surface area contributed by atoms with Crippen LogP contribution in [0.1, 0.15) is 26.3 Å². The van der Waals surface area contributed by atoms with E-state index in [2.05, 4.69) is 4.98 Å². The molecule has 0 amide bonds. The molecule has 1 atom stereocenters. The summed E-state index contributed by atoms with van der Waals surface area (Å²) in [6.45, 7) is 3.72. The van der Waals surface area contributed by atoms with Crippen molar-refractivity contribution >= 4 is 11.6 Å². The van der Waals surface area contributed by atoms with Gasteiger partial charge < -0.3 is 0 Å². The van der Waals surface area contributed by atoms with Gasteiger partial charge in [-0.25, -0.2) is 4.79 Å². The molecule has 0 fully saturated rings. The summed E-state index contributed by atoms with van der Waals surface area (Å²) in [6, 6.07) is 1.10. The molecular formula is C8H11ClN2O2. The summed E-state index contributed by atoms with van der Waals surface area (Å²) in [6.07, 6.45) is 0.727. The van der Waals surface area contributed by atoms with E-state index in [4.69, 9.17) is 11.6 Å². The van der Waals surface area contributed by atoms with E-state index in [1.54, 1.807) is 0 Å². The number of aromatic amines is 1. The van der Waals surface area contributed by atoms with E-state index in [1.165, 1.54) is 6.07 Å². The minimum Gasteiger partial charge on any atom is -0.298 e. The third kappa shape index (κ3) is 2.01. The van der Waals surface area contributed by atoms with Crippen LogP contribution in [0.5, 0.6) is 0 Å². The number of aromatic nitrogens is 2. The van der Waals surface area contributed by atoms with Crippen molar-refractivity contribution in [3.05, 3.63) is 32.1 Å². The van der Waals surface area contributed by atoms with Gasteiger partial charge in [-0.3, -0.25) is 14.3 Å². The quantitative estimate of drug-likeness (QED) is 0.732. The van der Waals surface area contributed by atoms with Crippen LogP contribution >= 0.6 is 11.6 Å². The summed E-state index contributed by atoms with van der Waals surface area (Å²) >= 11 is 5.50. The molecule has 1 unspecified atom stereocenters. The molecule has 1 aromatic heterocycles. The van der Waals surface area contributed by atoms with Crippen LogP contribution in [0.15, 0.2) is 15.7 Å². The van der Waals surface area contributed by atoms with Crippen LogP contribution in [0.3, 0.4) is 0 Å². The predicted molar refractivity (Wildman–Crippen MR) is 51.3 cm³/mol. The zero-order chi connectivity index (χ0) is 10.0. The van der Waals surface area contributed by atoms with Gasteiger partial charge in [0.15, 0.2) is 0 Å². The first-order valence-electron chi connectivity index (χ1n) is 4.07. The fourth-order valence-electron chi connectivity index (χ4n) is 1.08. The molecule has 1 rings (SSSR count). The van der Waals surface area contributed by atoms with Gasteiger partial charge in [-0.2, -0.15) is 0 Å². The van der Waals surface area contributed by atoms with Crippen LogP contribution in [-0.4, -0.2) is 9.55 Å². The van der Waals surface area contributed by atoms with Crippen LogP contribution in [0.2, 0.25) is 5.15 Å². The zero-order valence-electron chi connectivity index (χ0n) is 7.50.